The molecule has 0 amide bonds. The maximum atomic E-state index is 9.84. The van der Waals surface area contributed by atoms with Gasteiger partial charge < -0.3 is 15.3 Å². The SMILES string of the molecule is C#C[C@](O)(C=O)CO[O-]. The molecule has 0 spiro atoms. The molecule has 0 aromatic rings. The van der Waals surface area contributed by atoms with Crippen molar-refractivity contribution in [3.05, 3.63) is 0 Å². The Hall–Kier alpha value is -0.890. The van der Waals surface area contributed by atoms with E-state index in [2.05, 4.69) is 11.3 Å². The topological polar surface area (TPSA) is 69.6 Å². The number of terminal acetylenes is 1. The Morgan fingerprint density at radius 1 is 2.00 bits per heavy atom. The van der Waals surface area contributed by atoms with Gasteiger partial charge in [0.1, 0.15) is 0 Å². The fourth-order valence-electron chi connectivity index (χ4n) is 0.200. The van der Waals surface area contributed by atoms with E-state index in [-0.39, 0.29) is 6.29 Å². The first kappa shape index (κ1) is 8.11. The van der Waals surface area contributed by atoms with Crippen molar-refractivity contribution in [1.29, 1.82) is 0 Å². The highest BCUT2D eigenvalue weighted by Gasteiger charge is 2.20. The summed E-state index contributed by atoms with van der Waals surface area (Å²) in [5.41, 5.74) is -2.05. The van der Waals surface area contributed by atoms with Crippen LogP contribution in [0.4, 0.5) is 0 Å². The van der Waals surface area contributed by atoms with Crippen molar-refractivity contribution < 1.29 is 20.0 Å². The normalized spacial score (nSPS) is 15.7. The van der Waals surface area contributed by atoms with Gasteiger partial charge in [-0.15, -0.1) is 6.42 Å². The number of rotatable bonds is 3. The predicted octanol–water partition coefficient (Wildman–Crippen LogP) is -2.16. The molecule has 0 bridgehead atoms. The molecule has 1 N–H and O–H groups in total. The van der Waals surface area contributed by atoms with Crippen LogP contribution in [0.25, 0.3) is 0 Å². The first-order valence-corrected chi connectivity index (χ1v) is 2.10. The molecule has 4 nitrogen and oxygen atoms in total. The minimum atomic E-state index is -2.05. The van der Waals surface area contributed by atoms with Crippen LogP contribution in [0.1, 0.15) is 0 Å². The maximum Gasteiger partial charge on any atom is 0.203 e. The molecule has 1 atom stereocenters. The first-order valence-electron chi connectivity index (χ1n) is 2.10. The van der Waals surface area contributed by atoms with Crippen LogP contribution < -0.4 is 5.26 Å². The Labute approximate surface area is 52.0 Å². The van der Waals surface area contributed by atoms with Gasteiger partial charge in [-0.05, 0) is 0 Å². The lowest BCUT2D eigenvalue weighted by Gasteiger charge is -2.16. The summed E-state index contributed by atoms with van der Waals surface area (Å²) < 4.78 is 0. The van der Waals surface area contributed by atoms with Gasteiger partial charge in [0.2, 0.25) is 5.60 Å². The second-order valence-corrected chi connectivity index (χ2v) is 1.45. The maximum absolute atomic E-state index is 9.84. The summed E-state index contributed by atoms with van der Waals surface area (Å²) in [5, 5.41) is 18.0. The number of carbonyl (C=O) groups excluding carboxylic acids is 1. The molecular formula is C5H5O4-. The molecule has 0 fully saturated rings. The molecule has 0 rings (SSSR count). The predicted molar refractivity (Wildman–Crippen MR) is 25.8 cm³/mol. The van der Waals surface area contributed by atoms with Crippen LogP contribution in [0.2, 0.25) is 0 Å². The molecule has 0 saturated heterocycles. The zero-order chi connectivity index (χ0) is 7.33. The van der Waals surface area contributed by atoms with Gasteiger partial charge in [0.05, 0.1) is 6.61 Å². The van der Waals surface area contributed by atoms with Crippen molar-refractivity contribution in [3.8, 4) is 12.3 Å². The van der Waals surface area contributed by atoms with E-state index in [4.69, 9.17) is 5.11 Å². The Bertz CT molecular complexity index is 136. The molecular weight excluding hydrogens is 124 g/mol. The van der Waals surface area contributed by atoms with E-state index in [1.54, 1.807) is 5.92 Å². The summed E-state index contributed by atoms with van der Waals surface area (Å²) in [6, 6.07) is 0. The first-order chi connectivity index (χ1) is 4.18. The minimum absolute atomic E-state index is 0.0743. The summed E-state index contributed by atoms with van der Waals surface area (Å²) in [4.78, 5) is 13.1. The van der Waals surface area contributed by atoms with E-state index >= 15 is 0 Å². The summed E-state index contributed by atoms with van der Waals surface area (Å²) in [6.07, 6.45) is 4.73. The summed E-state index contributed by atoms with van der Waals surface area (Å²) in [6.45, 7) is -0.715. The third-order valence-corrected chi connectivity index (χ3v) is 0.724. The zero-order valence-corrected chi connectivity index (χ0v) is 4.53. The van der Waals surface area contributed by atoms with Gasteiger partial charge in [-0.3, -0.25) is 4.79 Å². The molecule has 0 saturated carbocycles. The quantitative estimate of drug-likeness (QED) is 0.204. The van der Waals surface area contributed by atoms with Crippen molar-refractivity contribution in [1.82, 2.24) is 0 Å². The molecule has 0 aliphatic rings. The van der Waals surface area contributed by atoms with Gasteiger partial charge in [-0.2, -0.15) is 0 Å². The average Bonchev–Trinajstić information content (AvgIpc) is 1.89. The monoisotopic (exact) mass is 129 g/mol. The van der Waals surface area contributed by atoms with Crippen molar-refractivity contribution >= 4 is 6.29 Å². The van der Waals surface area contributed by atoms with Crippen LogP contribution in [0.3, 0.4) is 0 Å². The Kier molecular flexibility index (Phi) is 2.88. The minimum Gasteiger partial charge on any atom is -0.723 e. The van der Waals surface area contributed by atoms with Crippen molar-refractivity contribution in [2.45, 2.75) is 5.60 Å². The Morgan fingerprint density at radius 2 is 2.56 bits per heavy atom. The fourth-order valence-corrected chi connectivity index (χ4v) is 0.200. The lowest BCUT2D eigenvalue weighted by atomic mass is 10.1. The number of carbonyl (C=O) groups is 1. The van der Waals surface area contributed by atoms with E-state index < -0.39 is 12.2 Å². The van der Waals surface area contributed by atoms with Gasteiger partial charge in [0.15, 0.2) is 6.29 Å². The van der Waals surface area contributed by atoms with Crippen LogP contribution in [0.15, 0.2) is 0 Å². The van der Waals surface area contributed by atoms with Crippen LogP contribution in [-0.4, -0.2) is 23.6 Å². The summed E-state index contributed by atoms with van der Waals surface area (Å²) >= 11 is 0. The number of hydrogen-bond donors (Lipinski definition) is 1. The zero-order valence-electron chi connectivity index (χ0n) is 4.53. The van der Waals surface area contributed by atoms with E-state index in [1.807, 2.05) is 0 Å². The highest BCUT2D eigenvalue weighted by atomic mass is 17.1. The molecule has 0 aromatic heterocycles. The van der Waals surface area contributed by atoms with Gasteiger partial charge in [0.25, 0.3) is 0 Å². The van der Waals surface area contributed by atoms with Crippen LogP contribution in [-0.2, 0) is 9.68 Å². The van der Waals surface area contributed by atoms with E-state index in [1.165, 1.54) is 0 Å². The number of aliphatic hydroxyl groups is 1. The standard InChI is InChI=1S/C5H6O4/c1-2-5(7,3-6)4-9-8/h1,3,7-8H,4H2/p-1/t5-/m0/s1. The molecule has 0 aromatic carbocycles. The van der Waals surface area contributed by atoms with E-state index in [9.17, 15) is 10.1 Å². The molecule has 0 aliphatic heterocycles. The van der Waals surface area contributed by atoms with Crippen LogP contribution >= 0.6 is 0 Å². The van der Waals surface area contributed by atoms with Crippen LogP contribution in [0, 0.1) is 12.3 Å². The molecule has 0 unspecified atom stereocenters. The summed E-state index contributed by atoms with van der Waals surface area (Å²) in [5.74, 6) is 1.69. The third kappa shape index (κ3) is 2.24. The second-order valence-electron chi connectivity index (χ2n) is 1.45. The van der Waals surface area contributed by atoms with Gasteiger partial charge >= 0.3 is 0 Å². The van der Waals surface area contributed by atoms with Crippen molar-refractivity contribution in [3.63, 3.8) is 0 Å². The summed E-state index contributed by atoms with van der Waals surface area (Å²) in [7, 11) is 0. The van der Waals surface area contributed by atoms with Gasteiger partial charge in [-0.1, -0.05) is 5.92 Å². The fraction of sp³-hybridized carbons (Fsp3) is 0.400. The Morgan fingerprint density at radius 3 is 2.67 bits per heavy atom. The average molecular weight is 129 g/mol. The molecule has 0 radical (unpaired) electrons. The molecule has 4 heteroatoms. The van der Waals surface area contributed by atoms with Gasteiger partial charge in [-0.25, -0.2) is 0 Å². The molecule has 50 valence electrons. The van der Waals surface area contributed by atoms with Crippen molar-refractivity contribution in [2.24, 2.45) is 0 Å². The number of hydrogen-bond acceptors (Lipinski definition) is 4. The molecule has 0 aliphatic carbocycles. The smallest absolute Gasteiger partial charge is 0.203 e. The van der Waals surface area contributed by atoms with Crippen molar-refractivity contribution in [2.75, 3.05) is 6.61 Å². The lowest BCUT2D eigenvalue weighted by Crippen LogP contribution is -2.36. The largest absolute Gasteiger partial charge is 0.723 e. The lowest BCUT2D eigenvalue weighted by molar-refractivity contribution is -0.692. The highest BCUT2D eigenvalue weighted by Crippen LogP contribution is 1.95. The van der Waals surface area contributed by atoms with E-state index in [0.717, 1.165) is 0 Å². The van der Waals surface area contributed by atoms with Crippen LogP contribution in [0.5, 0.6) is 0 Å². The molecule has 9 heavy (non-hydrogen) atoms. The second kappa shape index (κ2) is 3.20. The number of aldehydes is 1. The van der Waals surface area contributed by atoms with Gasteiger partial charge in [0, 0.05) is 0 Å². The third-order valence-electron chi connectivity index (χ3n) is 0.724. The van der Waals surface area contributed by atoms with E-state index in [0.29, 0.717) is 0 Å². The highest BCUT2D eigenvalue weighted by molar-refractivity contribution is 5.67. The molecule has 0 heterocycles. The Balaban J connectivity index is 3.96.